The van der Waals surface area contributed by atoms with Crippen molar-refractivity contribution in [1.29, 1.82) is 0 Å². The third-order valence-electron chi connectivity index (χ3n) is 6.43. The number of nitrogens with zero attached hydrogens (tertiary/aromatic N) is 1. The van der Waals surface area contributed by atoms with E-state index in [0.29, 0.717) is 11.4 Å². The predicted molar refractivity (Wildman–Crippen MR) is 152 cm³/mol. The molecule has 0 aliphatic rings. The SMILES string of the molecule is COc1ccc([C@H](NC(=O)[C@H](Cc2ccccn2)Oc2cc(Cl)cc(Cl)c2)C(=O)C[C@H](C(=O)C(F)(F)F)C(C)C)cc1. The molecule has 0 fully saturated rings. The van der Waals surface area contributed by atoms with Crippen molar-refractivity contribution in [3.63, 3.8) is 0 Å². The van der Waals surface area contributed by atoms with Crippen molar-refractivity contribution in [3.8, 4) is 11.5 Å². The highest BCUT2D eigenvalue weighted by Crippen LogP contribution is 2.31. The largest absolute Gasteiger partial charge is 0.497 e. The fourth-order valence-electron chi connectivity index (χ4n) is 4.21. The van der Waals surface area contributed by atoms with Crippen LogP contribution in [0.2, 0.25) is 10.0 Å². The summed E-state index contributed by atoms with van der Waals surface area (Å²) in [4.78, 5) is 43.6. The van der Waals surface area contributed by atoms with E-state index in [9.17, 15) is 27.6 Å². The molecule has 1 heterocycles. The molecular weight excluding hydrogens is 596 g/mol. The lowest BCUT2D eigenvalue weighted by atomic mass is 9.84. The predicted octanol–water partition coefficient (Wildman–Crippen LogP) is 6.61. The molecule has 0 radical (unpaired) electrons. The maximum atomic E-state index is 13.7. The van der Waals surface area contributed by atoms with E-state index in [4.69, 9.17) is 32.7 Å². The number of carbonyl (C=O) groups is 3. The normalized spacial score (nSPS) is 13.6. The maximum absolute atomic E-state index is 13.7. The Morgan fingerprint density at radius 1 is 0.952 bits per heavy atom. The van der Waals surface area contributed by atoms with Crippen LogP contribution in [0.15, 0.2) is 66.9 Å². The van der Waals surface area contributed by atoms with Crippen molar-refractivity contribution < 1.29 is 37.0 Å². The molecule has 3 atom stereocenters. The van der Waals surface area contributed by atoms with E-state index in [1.807, 2.05) is 0 Å². The van der Waals surface area contributed by atoms with E-state index in [2.05, 4.69) is 10.3 Å². The van der Waals surface area contributed by atoms with Gasteiger partial charge in [-0.2, -0.15) is 13.2 Å². The summed E-state index contributed by atoms with van der Waals surface area (Å²) in [5.41, 5.74) is 0.771. The smallest absolute Gasteiger partial charge is 0.450 e. The number of alkyl halides is 3. The number of carbonyl (C=O) groups excluding carboxylic acids is 3. The summed E-state index contributed by atoms with van der Waals surface area (Å²) in [7, 11) is 1.44. The fraction of sp³-hybridized carbons (Fsp3) is 0.333. The molecule has 7 nitrogen and oxygen atoms in total. The van der Waals surface area contributed by atoms with Crippen LogP contribution in [0.4, 0.5) is 13.2 Å². The molecule has 3 rings (SSSR count). The van der Waals surface area contributed by atoms with Crippen LogP contribution in [0.3, 0.4) is 0 Å². The molecule has 3 aromatic rings. The Balaban J connectivity index is 1.96. The zero-order valence-electron chi connectivity index (χ0n) is 23.0. The first-order valence-electron chi connectivity index (χ1n) is 12.9. The monoisotopic (exact) mass is 624 g/mol. The third kappa shape index (κ3) is 9.19. The number of hydrogen-bond acceptors (Lipinski definition) is 6. The molecular formula is C30H29Cl2F3N2O5. The molecule has 1 amide bonds. The first-order valence-corrected chi connectivity index (χ1v) is 13.6. The number of benzene rings is 2. The van der Waals surface area contributed by atoms with Gasteiger partial charge < -0.3 is 14.8 Å². The fourth-order valence-corrected chi connectivity index (χ4v) is 4.72. The molecule has 1 N–H and O–H groups in total. The van der Waals surface area contributed by atoms with Crippen LogP contribution in [0.1, 0.15) is 37.6 Å². The van der Waals surface area contributed by atoms with Gasteiger partial charge >= 0.3 is 6.18 Å². The van der Waals surface area contributed by atoms with Crippen molar-refractivity contribution in [2.45, 2.75) is 45.0 Å². The number of ketones is 2. The number of methoxy groups -OCH3 is 1. The second-order valence-electron chi connectivity index (χ2n) is 9.83. The maximum Gasteiger partial charge on any atom is 0.450 e. The molecule has 0 saturated heterocycles. The van der Waals surface area contributed by atoms with E-state index in [1.54, 1.807) is 30.3 Å². The van der Waals surface area contributed by atoms with Crippen LogP contribution in [0, 0.1) is 11.8 Å². The van der Waals surface area contributed by atoms with Crippen molar-refractivity contribution in [1.82, 2.24) is 10.3 Å². The first kappa shape index (κ1) is 32.9. The van der Waals surface area contributed by atoms with Gasteiger partial charge in [0.25, 0.3) is 5.91 Å². The summed E-state index contributed by atoms with van der Waals surface area (Å²) >= 11 is 12.2. The minimum absolute atomic E-state index is 0.0263. The Morgan fingerprint density at radius 2 is 1.60 bits per heavy atom. The second kappa shape index (κ2) is 14.5. The van der Waals surface area contributed by atoms with E-state index >= 15 is 0 Å². The standard InChI is InChI=1S/C30H29Cl2F3N2O5/c1-17(2)24(28(39)30(33,34)35)16-25(38)27(18-7-9-22(41-3)10-8-18)37-29(40)26(15-21-6-4-5-11-36-21)42-23-13-19(31)12-20(32)14-23/h4-14,17,24,26-27H,15-16H2,1-3H3,(H,37,40)/t24-,26-,27-/m0/s1. The number of aromatic nitrogens is 1. The molecule has 0 unspecified atom stereocenters. The van der Waals surface area contributed by atoms with Crippen LogP contribution in [-0.2, 0) is 20.8 Å². The van der Waals surface area contributed by atoms with Crippen LogP contribution in [-0.4, -0.2) is 41.8 Å². The van der Waals surface area contributed by atoms with Gasteiger partial charge in [0.1, 0.15) is 17.5 Å². The quantitative estimate of drug-likeness (QED) is 0.230. The van der Waals surface area contributed by atoms with Crippen molar-refractivity contribution in [2.75, 3.05) is 7.11 Å². The van der Waals surface area contributed by atoms with Gasteiger partial charge in [0.15, 0.2) is 11.9 Å². The summed E-state index contributed by atoms with van der Waals surface area (Å²) < 4.78 is 51.1. The van der Waals surface area contributed by atoms with Crippen molar-refractivity contribution in [3.05, 3.63) is 88.2 Å². The minimum Gasteiger partial charge on any atom is -0.497 e. The summed E-state index contributed by atoms with van der Waals surface area (Å²) in [5, 5.41) is 3.14. The zero-order valence-corrected chi connectivity index (χ0v) is 24.5. The Labute approximate surface area is 251 Å². The first-order chi connectivity index (χ1) is 19.8. The van der Waals surface area contributed by atoms with Crippen molar-refractivity contribution >= 4 is 40.7 Å². The average Bonchev–Trinajstić information content (AvgIpc) is 2.93. The number of nitrogens with one attached hydrogen (secondary N) is 1. The highest BCUT2D eigenvalue weighted by molar-refractivity contribution is 6.34. The number of hydrogen-bond donors (Lipinski definition) is 1. The van der Waals surface area contributed by atoms with Gasteiger partial charge in [-0.1, -0.05) is 55.2 Å². The Hall–Kier alpha value is -3.63. The van der Waals surface area contributed by atoms with Gasteiger partial charge in [-0.3, -0.25) is 19.4 Å². The highest BCUT2D eigenvalue weighted by atomic mass is 35.5. The van der Waals surface area contributed by atoms with Gasteiger partial charge in [0, 0.05) is 40.7 Å². The second-order valence-corrected chi connectivity index (χ2v) is 10.7. The van der Waals surface area contributed by atoms with E-state index < -0.39 is 54.1 Å². The topological polar surface area (TPSA) is 94.6 Å². The van der Waals surface area contributed by atoms with E-state index in [1.165, 1.54) is 57.5 Å². The highest BCUT2D eigenvalue weighted by Gasteiger charge is 2.45. The number of Topliss-reactive ketones (excluding diaryl/α,β-unsaturated/α-hetero) is 2. The molecule has 0 spiro atoms. The molecule has 224 valence electrons. The number of rotatable bonds is 13. The Bertz CT molecular complexity index is 1370. The lowest BCUT2D eigenvalue weighted by Crippen LogP contribution is -2.45. The molecule has 0 bridgehead atoms. The lowest BCUT2D eigenvalue weighted by molar-refractivity contribution is -0.177. The van der Waals surface area contributed by atoms with Crippen LogP contribution >= 0.6 is 23.2 Å². The van der Waals surface area contributed by atoms with Crippen molar-refractivity contribution in [2.24, 2.45) is 11.8 Å². The molecule has 0 aliphatic carbocycles. The van der Waals surface area contributed by atoms with Crippen LogP contribution < -0.4 is 14.8 Å². The van der Waals surface area contributed by atoms with Gasteiger partial charge in [-0.25, -0.2) is 0 Å². The van der Waals surface area contributed by atoms with Gasteiger partial charge in [0.2, 0.25) is 5.78 Å². The summed E-state index contributed by atoms with van der Waals surface area (Å²) in [5.74, 6) is -5.34. The molecule has 0 aliphatic heterocycles. The number of amides is 1. The Morgan fingerprint density at radius 3 is 2.12 bits per heavy atom. The van der Waals surface area contributed by atoms with Gasteiger partial charge in [0.05, 0.1) is 7.11 Å². The molecule has 2 aromatic carbocycles. The Kier molecular flexibility index (Phi) is 11.4. The average molecular weight is 625 g/mol. The zero-order chi connectivity index (χ0) is 31.0. The lowest BCUT2D eigenvalue weighted by Gasteiger charge is -2.26. The van der Waals surface area contributed by atoms with Gasteiger partial charge in [-0.05, 0) is 53.9 Å². The van der Waals surface area contributed by atoms with Crippen LogP contribution in [0.25, 0.3) is 0 Å². The number of ether oxygens (including phenoxy) is 2. The molecule has 0 saturated carbocycles. The van der Waals surface area contributed by atoms with E-state index in [0.717, 1.165) is 0 Å². The summed E-state index contributed by atoms with van der Waals surface area (Å²) in [6.07, 6.45) is -5.60. The number of pyridine rings is 1. The molecule has 12 heteroatoms. The summed E-state index contributed by atoms with van der Waals surface area (Å²) in [6.45, 7) is 2.85. The third-order valence-corrected chi connectivity index (χ3v) is 6.86. The van der Waals surface area contributed by atoms with Crippen LogP contribution in [0.5, 0.6) is 11.5 Å². The molecule has 1 aromatic heterocycles. The van der Waals surface area contributed by atoms with Gasteiger partial charge in [-0.15, -0.1) is 0 Å². The summed E-state index contributed by atoms with van der Waals surface area (Å²) in [6, 6.07) is 14.2. The molecule has 42 heavy (non-hydrogen) atoms. The van der Waals surface area contributed by atoms with E-state index in [-0.39, 0.29) is 27.8 Å². The number of halogens is 5. The minimum atomic E-state index is -5.12.